The van der Waals surface area contributed by atoms with Crippen LogP contribution in [0.25, 0.3) is 11.3 Å². The van der Waals surface area contributed by atoms with Gasteiger partial charge in [0.1, 0.15) is 5.69 Å². The molecule has 1 atom stereocenters. The summed E-state index contributed by atoms with van der Waals surface area (Å²) in [4.78, 5) is 12.4. The van der Waals surface area contributed by atoms with Gasteiger partial charge in [0.2, 0.25) is 5.88 Å². The summed E-state index contributed by atoms with van der Waals surface area (Å²) in [6.07, 6.45) is 1.64. The number of amides is 1. The van der Waals surface area contributed by atoms with Gasteiger partial charge in [0.15, 0.2) is 18.3 Å². The topological polar surface area (TPSA) is 84.9 Å². The van der Waals surface area contributed by atoms with Crippen molar-refractivity contribution in [3.05, 3.63) is 95.9 Å². The van der Waals surface area contributed by atoms with Gasteiger partial charge in [0.25, 0.3) is 5.91 Å². The Labute approximate surface area is 168 Å². The van der Waals surface area contributed by atoms with E-state index in [0.29, 0.717) is 11.6 Å². The van der Waals surface area contributed by atoms with Crippen molar-refractivity contribution in [1.29, 1.82) is 0 Å². The molecule has 4 aromatic rings. The summed E-state index contributed by atoms with van der Waals surface area (Å²) >= 11 is 0. The molecule has 29 heavy (non-hydrogen) atoms. The van der Waals surface area contributed by atoms with E-state index in [-0.39, 0.29) is 18.5 Å². The number of nitrogens with zero attached hydrogens (tertiary/aromatic N) is 1. The number of aryl methyl sites for hydroxylation is 1. The van der Waals surface area contributed by atoms with E-state index in [0.717, 1.165) is 16.9 Å². The maximum Gasteiger partial charge on any atom is 0.281 e. The highest BCUT2D eigenvalue weighted by molar-refractivity contribution is 5.90. The molecule has 0 unspecified atom stereocenters. The number of quaternary nitrogens is 1. The molecule has 6 nitrogen and oxygen atoms in total. The molecule has 2 aromatic carbocycles. The van der Waals surface area contributed by atoms with E-state index < -0.39 is 0 Å². The molecule has 1 amide bonds. The number of nitrogens with one attached hydrogen (secondary N) is 1. The SMILES string of the molecule is Cc1ccc(-c2cc(NC(=O)C[NH2+][C@H](c3ccccc3)c3ccco3)on2)cc1. The lowest BCUT2D eigenvalue weighted by Gasteiger charge is -2.13. The Hall–Kier alpha value is -3.64. The van der Waals surface area contributed by atoms with Crippen molar-refractivity contribution in [3.8, 4) is 11.3 Å². The third kappa shape index (κ3) is 4.62. The number of nitrogens with two attached hydrogens (primary N) is 1. The highest BCUT2D eigenvalue weighted by atomic mass is 16.5. The van der Waals surface area contributed by atoms with Gasteiger partial charge in [-0.2, -0.15) is 0 Å². The number of hydrogen-bond acceptors (Lipinski definition) is 4. The quantitative estimate of drug-likeness (QED) is 0.507. The second-order valence-corrected chi connectivity index (χ2v) is 6.83. The number of benzene rings is 2. The van der Waals surface area contributed by atoms with Gasteiger partial charge in [-0.1, -0.05) is 65.3 Å². The zero-order chi connectivity index (χ0) is 20.1. The number of carbonyl (C=O) groups excluding carboxylic acids is 1. The van der Waals surface area contributed by atoms with Crippen LogP contribution in [-0.4, -0.2) is 17.6 Å². The van der Waals surface area contributed by atoms with Crippen LogP contribution < -0.4 is 10.6 Å². The van der Waals surface area contributed by atoms with E-state index in [9.17, 15) is 4.79 Å². The molecule has 0 aliphatic heterocycles. The molecule has 2 heterocycles. The molecule has 0 aliphatic carbocycles. The second-order valence-electron chi connectivity index (χ2n) is 6.83. The molecule has 6 heteroatoms. The van der Waals surface area contributed by atoms with E-state index in [4.69, 9.17) is 8.94 Å². The average Bonchev–Trinajstić information content (AvgIpc) is 3.42. The van der Waals surface area contributed by atoms with Crippen molar-refractivity contribution in [2.24, 2.45) is 0 Å². The van der Waals surface area contributed by atoms with Crippen LogP contribution in [0.4, 0.5) is 5.88 Å². The van der Waals surface area contributed by atoms with Gasteiger partial charge in [0, 0.05) is 17.2 Å². The smallest absolute Gasteiger partial charge is 0.281 e. The Balaban J connectivity index is 1.40. The van der Waals surface area contributed by atoms with Gasteiger partial charge in [0.05, 0.1) is 6.26 Å². The van der Waals surface area contributed by atoms with Gasteiger partial charge in [-0.15, -0.1) is 0 Å². The molecule has 3 N–H and O–H groups in total. The number of anilines is 1. The first-order valence-electron chi connectivity index (χ1n) is 9.44. The minimum Gasteiger partial charge on any atom is -0.463 e. The van der Waals surface area contributed by atoms with Crippen LogP contribution >= 0.6 is 0 Å². The Morgan fingerprint density at radius 3 is 2.59 bits per heavy atom. The van der Waals surface area contributed by atoms with Crippen LogP contribution in [0.1, 0.15) is 22.9 Å². The molecular formula is C23H22N3O3+. The summed E-state index contributed by atoms with van der Waals surface area (Å²) in [6, 6.07) is 23.3. The molecule has 0 spiro atoms. The monoisotopic (exact) mass is 388 g/mol. The first kappa shape index (κ1) is 18.7. The Morgan fingerprint density at radius 1 is 1.07 bits per heavy atom. The summed E-state index contributed by atoms with van der Waals surface area (Å²) in [5.41, 5.74) is 3.86. The van der Waals surface area contributed by atoms with Crippen molar-refractivity contribution < 1.29 is 19.1 Å². The summed E-state index contributed by atoms with van der Waals surface area (Å²) < 4.78 is 10.8. The summed E-state index contributed by atoms with van der Waals surface area (Å²) in [7, 11) is 0. The van der Waals surface area contributed by atoms with Crippen molar-refractivity contribution in [2.75, 3.05) is 11.9 Å². The number of hydrogen-bond donors (Lipinski definition) is 2. The predicted octanol–water partition coefficient (Wildman–Crippen LogP) is 3.53. The lowest BCUT2D eigenvalue weighted by molar-refractivity contribution is -0.678. The first-order valence-corrected chi connectivity index (χ1v) is 9.44. The van der Waals surface area contributed by atoms with E-state index >= 15 is 0 Å². The first-order chi connectivity index (χ1) is 14.2. The van der Waals surface area contributed by atoms with Gasteiger partial charge >= 0.3 is 0 Å². The van der Waals surface area contributed by atoms with Gasteiger partial charge in [-0.3, -0.25) is 10.1 Å². The van der Waals surface area contributed by atoms with Crippen molar-refractivity contribution in [2.45, 2.75) is 13.0 Å². The Morgan fingerprint density at radius 2 is 1.86 bits per heavy atom. The fourth-order valence-electron chi connectivity index (χ4n) is 3.15. The van der Waals surface area contributed by atoms with Crippen molar-refractivity contribution in [1.82, 2.24) is 5.16 Å². The molecule has 2 aromatic heterocycles. The maximum absolute atomic E-state index is 12.4. The van der Waals surface area contributed by atoms with Crippen LogP contribution in [-0.2, 0) is 4.79 Å². The Kier molecular flexibility index (Phi) is 5.54. The molecule has 146 valence electrons. The Bertz CT molecular complexity index is 1050. The molecule has 0 fully saturated rings. The molecule has 0 saturated carbocycles. The van der Waals surface area contributed by atoms with Crippen molar-refractivity contribution in [3.63, 3.8) is 0 Å². The third-order valence-electron chi connectivity index (χ3n) is 4.67. The number of carbonyl (C=O) groups is 1. The van der Waals surface area contributed by atoms with E-state index in [1.807, 2.05) is 79.0 Å². The lowest BCUT2D eigenvalue weighted by Crippen LogP contribution is -2.87. The van der Waals surface area contributed by atoms with Gasteiger partial charge in [-0.25, -0.2) is 0 Å². The number of aromatic nitrogens is 1. The highest BCUT2D eigenvalue weighted by Gasteiger charge is 2.22. The fourth-order valence-corrected chi connectivity index (χ4v) is 3.15. The molecule has 4 rings (SSSR count). The van der Waals surface area contributed by atoms with E-state index in [1.54, 1.807) is 12.3 Å². The van der Waals surface area contributed by atoms with Gasteiger partial charge in [-0.05, 0) is 19.1 Å². The molecule has 0 aliphatic rings. The second kappa shape index (κ2) is 8.58. The lowest BCUT2D eigenvalue weighted by atomic mass is 10.0. The van der Waals surface area contributed by atoms with Crippen molar-refractivity contribution >= 4 is 11.8 Å². The van der Waals surface area contributed by atoms with Gasteiger partial charge < -0.3 is 14.3 Å². The van der Waals surface area contributed by atoms with Crippen LogP contribution in [0.5, 0.6) is 0 Å². The predicted molar refractivity (Wildman–Crippen MR) is 109 cm³/mol. The molecule has 0 bridgehead atoms. The van der Waals surface area contributed by atoms with E-state index in [1.165, 1.54) is 5.56 Å². The molecule has 0 radical (unpaired) electrons. The largest absolute Gasteiger partial charge is 0.463 e. The minimum absolute atomic E-state index is 0.102. The zero-order valence-electron chi connectivity index (χ0n) is 16.0. The highest BCUT2D eigenvalue weighted by Crippen LogP contribution is 2.22. The standard InChI is InChI=1S/C23H21N3O3/c1-16-9-11-17(12-10-16)19-14-22(29-26-19)25-21(27)15-24-23(20-8-5-13-28-20)18-6-3-2-4-7-18/h2-14,23-24H,15H2,1H3,(H,25,27)/p+1/t23-/m1/s1. The fraction of sp³-hybridized carbons (Fsp3) is 0.130. The third-order valence-corrected chi connectivity index (χ3v) is 4.67. The molecule has 0 saturated heterocycles. The van der Waals surface area contributed by atoms with Crippen LogP contribution in [0.2, 0.25) is 0 Å². The van der Waals surface area contributed by atoms with Crippen LogP contribution in [0.15, 0.2) is 88.0 Å². The normalized spacial score (nSPS) is 11.9. The summed E-state index contributed by atoms with van der Waals surface area (Å²) in [5.74, 6) is 0.947. The average molecular weight is 388 g/mol. The van der Waals surface area contributed by atoms with E-state index in [2.05, 4.69) is 10.5 Å². The number of rotatable bonds is 7. The van der Waals surface area contributed by atoms with Crippen LogP contribution in [0.3, 0.4) is 0 Å². The minimum atomic E-state index is -0.177. The van der Waals surface area contributed by atoms with Crippen LogP contribution in [0, 0.1) is 6.92 Å². The maximum atomic E-state index is 12.4. The zero-order valence-corrected chi connectivity index (χ0v) is 16.0. The number of furan rings is 1. The summed E-state index contributed by atoms with van der Waals surface area (Å²) in [6.45, 7) is 2.24. The molecular weight excluding hydrogens is 366 g/mol. The summed E-state index contributed by atoms with van der Waals surface area (Å²) in [5, 5.41) is 8.73.